The third-order valence-corrected chi connectivity index (χ3v) is 8.15. The Morgan fingerprint density at radius 1 is 1.18 bits per heavy atom. The number of benzene rings is 2. The summed E-state index contributed by atoms with van der Waals surface area (Å²) in [6.45, 7) is 5.72. The maximum Gasteiger partial charge on any atom is 0.243 e. The maximum atomic E-state index is 13.5. The molecule has 4 rings (SSSR count). The van der Waals surface area contributed by atoms with Crippen molar-refractivity contribution in [3.63, 3.8) is 0 Å². The van der Waals surface area contributed by atoms with Gasteiger partial charge in [-0.1, -0.05) is 19.1 Å². The van der Waals surface area contributed by atoms with E-state index in [1.165, 1.54) is 16.4 Å². The molecule has 0 saturated carbocycles. The summed E-state index contributed by atoms with van der Waals surface area (Å²) < 4.78 is 43.0. The predicted octanol–water partition coefficient (Wildman–Crippen LogP) is 4.18. The second kappa shape index (κ2) is 10.2. The molecule has 3 aromatic rings. The third-order valence-electron chi connectivity index (χ3n) is 6.25. The van der Waals surface area contributed by atoms with E-state index in [9.17, 15) is 17.6 Å². The maximum absolute atomic E-state index is 13.5. The van der Waals surface area contributed by atoms with E-state index in [4.69, 9.17) is 4.98 Å². The number of nitrogens with zero attached hydrogens (tertiary/aromatic N) is 3. The molecule has 0 radical (unpaired) electrons. The number of fused-ring (bicyclic) bond motifs is 1. The van der Waals surface area contributed by atoms with E-state index in [2.05, 4.69) is 16.8 Å². The number of imidazole rings is 1. The molecule has 1 aromatic heterocycles. The van der Waals surface area contributed by atoms with Crippen molar-refractivity contribution in [2.75, 3.05) is 13.1 Å². The second-order valence-corrected chi connectivity index (χ2v) is 10.7. The van der Waals surface area contributed by atoms with Gasteiger partial charge >= 0.3 is 0 Å². The van der Waals surface area contributed by atoms with Crippen LogP contribution in [0.5, 0.6) is 0 Å². The lowest BCUT2D eigenvalue weighted by Gasteiger charge is -2.15. The number of aryl methyl sites for hydroxylation is 2. The minimum Gasteiger partial charge on any atom is -0.350 e. The Kier molecular flexibility index (Phi) is 7.33. The molecule has 1 amide bonds. The van der Waals surface area contributed by atoms with Gasteiger partial charge in [0.25, 0.3) is 0 Å². The molecule has 1 aliphatic heterocycles. The number of halogens is 1. The number of amides is 1. The predicted molar refractivity (Wildman–Crippen MR) is 129 cm³/mol. The van der Waals surface area contributed by atoms with E-state index in [0.717, 1.165) is 37.1 Å². The van der Waals surface area contributed by atoms with Crippen LogP contribution >= 0.6 is 0 Å². The van der Waals surface area contributed by atoms with E-state index in [1.54, 1.807) is 24.3 Å². The van der Waals surface area contributed by atoms with Gasteiger partial charge in [-0.2, -0.15) is 4.31 Å². The van der Waals surface area contributed by atoms with Crippen LogP contribution in [0.4, 0.5) is 4.39 Å². The van der Waals surface area contributed by atoms with Gasteiger partial charge < -0.3 is 9.88 Å². The van der Waals surface area contributed by atoms with Gasteiger partial charge in [0.05, 0.1) is 22.0 Å². The van der Waals surface area contributed by atoms with Crippen molar-refractivity contribution in [1.82, 2.24) is 19.2 Å². The number of aromatic nitrogens is 2. The van der Waals surface area contributed by atoms with Crippen LogP contribution in [0.15, 0.2) is 47.4 Å². The fraction of sp³-hybridized carbons (Fsp3) is 0.440. The van der Waals surface area contributed by atoms with Crippen LogP contribution in [0.1, 0.15) is 57.0 Å². The molecular formula is C25H31FN4O3S. The molecule has 1 aliphatic rings. The number of nitrogens with one attached hydrogen (secondary N) is 1. The zero-order valence-corrected chi connectivity index (χ0v) is 20.4. The third kappa shape index (κ3) is 5.15. The average molecular weight is 487 g/mol. The van der Waals surface area contributed by atoms with Gasteiger partial charge in [-0.15, -0.1) is 0 Å². The van der Waals surface area contributed by atoms with Gasteiger partial charge in [-0.25, -0.2) is 17.8 Å². The largest absolute Gasteiger partial charge is 0.350 e. The Morgan fingerprint density at radius 2 is 1.94 bits per heavy atom. The Labute approximate surface area is 200 Å². The smallest absolute Gasteiger partial charge is 0.243 e. The van der Waals surface area contributed by atoms with Crippen molar-refractivity contribution in [2.45, 2.75) is 63.4 Å². The summed E-state index contributed by atoms with van der Waals surface area (Å²) in [5.74, 6) is 0.267. The summed E-state index contributed by atoms with van der Waals surface area (Å²) in [5, 5.41) is 2.91. The highest BCUT2D eigenvalue weighted by Crippen LogP contribution is 2.26. The average Bonchev–Trinajstić information content (AvgIpc) is 3.47. The number of rotatable bonds is 9. The number of sulfonamides is 1. The number of carbonyl (C=O) groups excluding carboxylic acids is 1. The minimum absolute atomic E-state index is 0.149. The molecule has 182 valence electrons. The molecule has 0 spiro atoms. The Hall–Kier alpha value is -2.78. The highest BCUT2D eigenvalue weighted by Gasteiger charge is 2.28. The lowest BCUT2D eigenvalue weighted by molar-refractivity contribution is -0.121. The normalized spacial score (nSPS) is 15.6. The zero-order valence-electron chi connectivity index (χ0n) is 19.6. The fourth-order valence-electron chi connectivity index (χ4n) is 4.46. The second-order valence-electron chi connectivity index (χ2n) is 8.79. The number of hydrogen-bond donors (Lipinski definition) is 1. The summed E-state index contributed by atoms with van der Waals surface area (Å²) in [5.41, 5.74) is 2.20. The van der Waals surface area contributed by atoms with Crippen LogP contribution in [-0.4, -0.2) is 41.3 Å². The first-order valence-corrected chi connectivity index (χ1v) is 13.3. The van der Waals surface area contributed by atoms with Crippen molar-refractivity contribution in [1.29, 1.82) is 0 Å². The molecule has 1 saturated heterocycles. The van der Waals surface area contributed by atoms with E-state index in [-0.39, 0.29) is 29.1 Å². The summed E-state index contributed by atoms with van der Waals surface area (Å²) in [4.78, 5) is 17.5. The van der Waals surface area contributed by atoms with Crippen molar-refractivity contribution in [2.24, 2.45) is 0 Å². The SMILES string of the molecule is CCCn1c(CCC(=O)NC(C)c2cccc(F)c2)nc2cc(S(=O)(=O)N3CCCC3)ccc21. The van der Waals surface area contributed by atoms with E-state index >= 15 is 0 Å². The van der Waals surface area contributed by atoms with E-state index in [0.29, 0.717) is 30.6 Å². The van der Waals surface area contributed by atoms with E-state index < -0.39 is 10.0 Å². The molecule has 1 unspecified atom stereocenters. The Balaban J connectivity index is 1.51. The van der Waals surface area contributed by atoms with Gasteiger partial charge in [-0.3, -0.25) is 4.79 Å². The van der Waals surface area contributed by atoms with E-state index in [1.807, 2.05) is 13.0 Å². The van der Waals surface area contributed by atoms with Crippen molar-refractivity contribution in [3.8, 4) is 0 Å². The first kappa shape index (κ1) is 24.3. The van der Waals surface area contributed by atoms with Crippen molar-refractivity contribution >= 4 is 27.0 Å². The number of carbonyl (C=O) groups is 1. The van der Waals surface area contributed by atoms with Crippen LogP contribution in [0, 0.1) is 5.82 Å². The monoisotopic (exact) mass is 486 g/mol. The quantitative estimate of drug-likeness (QED) is 0.492. The molecular weight excluding hydrogens is 455 g/mol. The van der Waals surface area contributed by atoms with Crippen LogP contribution < -0.4 is 5.32 Å². The summed E-state index contributed by atoms with van der Waals surface area (Å²) in [6, 6.07) is 11.0. The fourth-order valence-corrected chi connectivity index (χ4v) is 6.00. The molecule has 34 heavy (non-hydrogen) atoms. The van der Waals surface area contributed by atoms with Crippen LogP contribution in [0.25, 0.3) is 11.0 Å². The molecule has 1 atom stereocenters. The van der Waals surface area contributed by atoms with Crippen LogP contribution in [-0.2, 0) is 27.8 Å². The Bertz CT molecular complexity index is 1280. The summed E-state index contributed by atoms with van der Waals surface area (Å²) in [6.07, 6.45) is 3.30. The lowest BCUT2D eigenvalue weighted by atomic mass is 10.1. The standard InChI is InChI=1S/C25H31FN4O3S/c1-3-13-30-23-10-9-21(34(32,33)29-14-4-5-15-29)17-22(23)28-24(30)11-12-25(31)27-18(2)19-7-6-8-20(26)16-19/h6-10,16-18H,3-5,11-15H2,1-2H3,(H,27,31). The van der Waals surface area contributed by atoms with Gasteiger partial charge in [0.2, 0.25) is 15.9 Å². The van der Waals surface area contributed by atoms with Crippen molar-refractivity contribution in [3.05, 3.63) is 59.7 Å². The molecule has 9 heteroatoms. The molecule has 1 fully saturated rings. The van der Waals surface area contributed by atoms with Crippen LogP contribution in [0.3, 0.4) is 0 Å². The summed E-state index contributed by atoms with van der Waals surface area (Å²) in [7, 11) is -3.52. The first-order chi connectivity index (χ1) is 16.3. The molecule has 2 heterocycles. The first-order valence-electron chi connectivity index (χ1n) is 11.8. The zero-order chi connectivity index (χ0) is 24.3. The molecule has 0 bridgehead atoms. The molecule has 1 N–H and O–H groups in total. The molecule has 7 nitrogen and oxygen atoms in total. The van der Waals surface area contributed by atoms with Gasteiger partial charge in [-0.05, 0) is 62.1 Å². The van der Waals surface area contributed by atoms with Crippen LogP contribution in [0.2, 0.25) is 0 Å². The van der Waals surface area contributed by atoms with Gasteiger partial charge in [0.1, 0.15) is 11.6 Å². The topological polar surface area (TPSA) is 84.3 Å². The van der Waals surface area contributed by atoms with Gasteiger partial charge in [0, 0.05) is 32.5 Å². The lowest BCUT2D eigenvalue weighted by Crippen LogP contribution is -2.27. The molecule has 2 aromatic carbocycles. The number of hydrogen-bond acceptors (Lipinski definition) is 4. The minimum atomic E-state index is -3.52. The highest BCUT2D eigenvalue weighted by molar-refractivity contribution is 7.89. The molecule has 0 aliphatic carbocycles. The Morgan fingerprint density at radius 3 is 2.65 bits per heavy atom. The van der Waals surface area contributed by atoms with Gasteiger partial charge in [0.15, 0.2) is 0 Å². The highest BCUT2D eigenvalue weighted by atomic mass is 32.2. The summed E-state index contributed by atoms with van der Waals surface area (Å²) >= 11 is 0. The van der Waals surface area contributed by atoms with Crippen molar-refractivity contribution < 1.29 is 17.6 Å².